The van der Waals surface area contributed by atoms with Crippen LogP contribution in [0.1, 0.15) is 36.8 Å². The first-order chi connectivity index (χ1) is 12.4. The Labute approximate surface area is 157 Å². The Balaban J connectivity index is 1.97. The number of hydrogen-bond acceptors (Lipinski definition) is 4. The monoisotopic (exact) mass is 375 g/mol. The van der Waals surface area contributed by atoms with Gasteiger partial charge in [0.25, 0.3) is 5.91 Å². The standard InChI is InChI=1S/C19H22ClN3O3/c1-4-26-16-10-9-15(20)17(23-16)19(25)21-11-13-5-7-14(8-6-13)22-18(24)12(2)3/h5-10,12H,4,11H2,1-3H3,(H,21,25)(H,22,24). The van der Waals surface area contributed by atoms with Crippen LogP contribution in [0.4, 0.5) is 5.69 Å². The van der Waals surface area contributed by atoms with Gasteiger partial charge in [0, 0.05) is 24.2 Å². The molecule has 2 N–H and O–H groups in total. The summed E-state index contributed by atoms with van der Waals surface area (Å²) in [6.45, 7) is 6.27. The van der Waals surface area contributed by atoms with E-state index in [1.54, 1.807) is 24.3 Å². The molecule has 0 spiro atoms. The number of ether oxygens (including phenoxy) is 1. The maximum atomic E-state index is 12.3. The molecule has 0 aliphatic rings. The fourth-order valence-corrected chi connectivity index (χ4v) is 2.26. The van der Waals surface area contributed by atoms with Crippen LogP contribution in [0.25, 0.3) is 0 Å². The smallest absolute Gasteiger partial charge is 0.271 e. The van der Waals surface area contributed by atoms with Crippen molar-refractivity contribution in [1.82, 2.24) is 10.3 Å². The lowest BCUT2D eigenvalue weighted by atomic mass is 10.1. The van der Waals surface area contributed by atoms with E-state index in [2.05, 4.69) is 15.6 Å². The van der Waals surface area contributed by atoms with Gasteiger partial charge in [-0.25, -0.2) is 4.98 Å². The van der Waals surface area contributed by atoms with Crippen LogP contribution in [0.2, 0.25) is 5.02 Å². The molecule has 26 heavy (non-hydrogen) atoms. The van der Waals surface area contributed by atoms with Crippen LogP contribution in [0, 0.1) is 5.92 Å². The van der Waals surface area contributed by atoms with Crippen molar-refractivity contribution in [3.8, 4) is 5.88 Å². The second kappa shape index (κ2) is 9.20. The van der Waals surface area contributed by atoms with E-state index in [0.29, 0.717) is 24.7 Å². The molecule has 0 fully saturated rings. The van der Waals surface area contributed by atoms with E-state index in [1.165, 1.54) is 0 Å². The number of rotatable bonds is 7. The first kappa shape index (κ1) is 19.7. The van der Waals surface area contributed by atoms with Crippen molar-refractivity contribution < 1.29 is 14.3 Å². The van der Waals surface area contributed by atoms with Crippen molar-refractivity contribution in [2.24, 2.45) is 5.92 Å². The zero-order valence-electron chi connectivity index (χ0n) is 15.0. The van der Waals surface area contributed by atoms with Crippen molar-refractivity contribution in [1.29, 1.82) is 0 Å². The van der Waals surface area contributed by atoms with Gasteiger partial charge >= 0.3 is 0 Å². The van der Waals surface area contributed by atoms with Crippen LogP contribution < -0.4 is 15.4 Å². The van der Waals surface area contributed by atoms with Crippen LogP contribution in [0.15, 0.2) is 36.4 Å². The molecular formula is C19H22ClN3O3. The molecule has 1 aromatic carbocycles. The first-order valence-corrected chi connectivity index (χ1v) is 8.75. The van der Waals surface area contributed by atoms with Crippen LogP contribution in [-0.4, -0.2) is 23.4 Å². The minimum absolute atomic E-state index is 0.0408. The summed E-state index contributed by atoms with van der Waals surface area (Å²) >= 11 is 6.05. The topological polar surface area (TPSA) is 80.3 Å². The second-order valence-corrected chi connectivity index (χ2v) is 6.34. The Kier molecular flexibility index (Phi) is 6.97. The summed E-state index contributed by atoms with van der Waals surface area (Å²) in [6.07, 6.45) is 0. The zero-order valence-corrected chi connectivity index (χ0v) is 15.8. The van der Waals surface area contributed by atoms with Gasteiger partial charge in [-0.15, -0.1) is 0 Å². The quantitative estimate of drug-likeness (QED) is 0.773. The number of hydrogen-bond donors (Lipinski definition) is 2. The van der Waals surface area contributed by atoms with E-state index < -0.39 is 0 Å². The Morgan fingerprint density at radius 2 is 1.85 bits per heavy atom. The number of aromatic nitrogens is 1. The molecule has 7 heteroatoms. The number of anilines is 1. The first-order valence-electron chi connectivity index (χ1n) is 8.38. The van der Waals surface area contributed by atoms with E-state index in [-0.39, 0.29) is 28.4 Å². The molecule has 138 valence electrons. The number of nitrogens with zero attached hydrogens (tertiary/aromatic N) is 1. The SMILES string of the molecule is CCOc1ccc(Cl)c(C(=O)NCc2ccc(NC(=O)C(C)C)cc2)n1. The minimum atomic E-state index is -0.381. The Morgan fingerprint density at radius 1 is 1.15 bits per heavy atom. The lowest BCUT2D eigenvalue weighted by Gasteiger charge is -2.10. The highest BCUT2D eigenvalue weighted by atomic mass is 35.5. The van der Waals surface area contributed by atoms with Gasteiger partial charge in [0.15, 0.2) is 5.69 Å². The Bertz CT molecular complexity index is 776. The highest BCUT2D eigenvalue weighted by Crippen LogP contribution is 2.18. The molecule has 2 rings (SSSR count). The Morgan fingerprint density at radius 3 is 2.46 bits per heavy atom. The molecule has 0 unspecified atom stereocenters. The number of halogens is 1. The fraction of sp³-hybridized carbons (Fsp3) is 0.316. The molecular weight excluding hydrogens is 354 g/mol. The van der Waals surface area contributed by atoms with Crippen LogP contribution in [-0.2, 0) is 11.3 Å². The van der Waals surface area contributed by atoms with Crippen molar-refractivity contribution in [3.05, 3.63) is 52.7 Å². The van der Waals surface area contributed by atoms with Gasteiger partial charge in [-0.05, 0) is 30.7 Å². The van der Waals surface area contributed by atoms with E-state index in [0.717, 1.165) is 5.56 Å². The summed E-state index contributed by atoms with van der Waals surface area (Å²) in [7, 11) is 0. The average molecular weight is 376 g/mol. The third kappa shape index (κ3) is 5.46. The van der Waals surface area contributed by atoms with Crippen LogP contribution in [0.3, 0.4) is 0 Å². The lowest BCUT2D eigenvalue weighted by molar-refractivity contribution is -0.118. The van der Waals surface area contributed by atoms with E-state index >= 15 is 0 Å². The zero-order chi connectivity index (χ0) is 19.1. The average Bonchev–Trinajstić information content (AvgIpc) is 2.62. The predicted octanol–water partition coefficient (Wildman–Crippen LogP) is 3.66. The van der Waals surface area contributed by atoms with E-state index in [9.17, 15) is 9.59 Å². The third-order valence-corrected chi connectivity index (χ3v) is 3.83. The molecule has 1 heterocycles. The molecule has 0 aliphatic heterocycles. The van der Waals surface area contributed by atoms with Gasteiger partial charge in [0.2, 0.25) is 11.8 Å². The molecule has 0 bridgehead atoms. The van der Waals surface area contributed by atoms with Gasteiger partial charge in [0.1, 0.15) is 0 Å². The minimum Gasteiger partial charge on any atom is -0.478 e. The number of amides is 2. The van der Waals surface area contributed by atoms with Crippen LogP contribution in [0.5, 0.6) is 5.88 Å². The molecule has 0 saturated heterocycles. The summed E-state index contributed by atoms with van der Waals surface area (Å²) in [5, 5.41) is 5.85. The molecule has 0 atom stereocenters. The van der Waals surface area contributed by atoms with Crippen molar-refractivity contribution >= 4 is 29.1 Å². The summed E-state index contributed by atoms with van der Waals surface area (Å²) in [6, 6.07) is 10.5. The summed E-state index contributed by atoms with van der Waals surface area (Å²) in [5.74, 6) is -0.152. The number of nitrogens with one attached hydrogen (secondary N) is 2. The largest absolute Gasteiger partial charge is 0.478 e. The Hall–Kier alpha value is -2.60. The molecule has 0 aliphatic carbocycles. The molecule has 2 aromatic rings. The second-order valence-electron chi connectivity index (χ2n) is 5.94. The predicted molar refractivity (Wildman–Crippen MR) is 101 cm³/mol. The molecule has 2 amide bonds. The van der Waals surface area contributed by atoms with Crippen molar-refractivity contribution in [3.63, 3.8) is 0 Å². The van der Waals surface area contributed by atoms with E-state index in [4.69, 9.17) is 16.3 Å². The number of carbonyl (C=O) groups excluding carboxylic acids is 2. The van der Waals surface area contributed by atoms with E-state index in [1.807, 2.05) is 32.9 Å². The molecule has 6 nitrogen and oxygen atoms in total. The fourth-order valence-electron chi connectivity index (χ4n) is 2.07. The number of pyridine rings is 1. The lowest BCUT2D eigenvalue weighted by Crippen LogP contribution is -2.24. The number of benzene rings is 1. The van der Waals surface area contributed by atoms with Crippen molar-refractivity contribution in [2.45, 2.75) is 27.3 Å². The molecule has 0 radical (unpaired) electrons. The van der Waals surface area contributed by atoms with Gasteiger partial charge in [-0.3, -0.25) is 9.59 Å². The third-order valence-electron chi connectivity index (χ3n) is 3.53. The maximum Gasteiger partial charge on any atom is 0.271 e. The van der Waals surface area contributed by atoms with Gasteiger partial charge in [-0.2, -0.15) is 0 Å². The summed E-state index contributed by atoms with van der Waals surface area (Å²) < 4.78 is 5.29. The number of carbonyl (C=O) groups is 2. The maximum absolute atomic E-state index is 12.3. The van der Waals surface area contributed by atoms with Gasteiger partial charge in [-0.1, -0.05) is 37.6 Å². The molecule has 0 saturated carbocycles. The highest BCUT2D eigenvalue weighted by Gasteiger charge is 2.13. The van der Waals surface area contributed by atoms with Gasteiger partial charge < -0.3 is 15.4 Å². The van der Waals surface area contributed by atoms with Gasteiger partial charge in [0.05, 0.1) is 11.6 Å². The summed E-state index contributed by atoms with van der Waals surface area (Å²) in [5.41, 5.74) is 1.73. The summed E-state index contributed by atoms with van der Waals surface area (Å²) in [4.78, 5) is 28.1. The van der Waals surface area contributed by atoms with Crippen LogP contribution >= 0.6 is 11.6 Å². The normalized spacial score (nSPS) is 10.5. The van der Waals surface area contributed by atoms with Crippen molar-refractivity contribution in [2.75, 3.05) is 11.9 Å². The highest BCUT2D eigenvalue weighted by molar-refractivity contribution is 6.33. The molecule has 1 aromatic heterocycles.